The summed E-state index contributed by atoms with van der Waals surface area (Å²) in [5, 5.41) is 11.8. The number of nitrogens with one attached hydrogen (secondary N) is 1. The first-order chi connectivity index (χ1) is 7.60. The van der Waals surface area contributed by atoms with Gasteiger partial charge in [0, 0.05) is 26.2 Å². The van der Waals surface area contributed by atoms with Crippen LogP contribution in [0.4, 0.5) is 0 Å². The van der Waals surface area contributed by atoms with Crippen LogP contribution in [0.25, 0.3) is 0 Å². The zero-order valence-corrected chi connectivity index (χ0v) is 10.7. The SMILES string of the molecule is CCNCCS(=O)(=O)N1CCC(CCO)C1. The summed E-state index contributed by atoms with van der Waals surface area (Å²) in [4.78, 5) is 0. The molecule has 0 aromatic heterocycles. The Labute approximate surface area is 97.9 Å². The van der Waals surface area contributed by atoms with Gasteiger partial charge in [-0.1, -0.05) is 6.92 Å². The highest BCUT2D eigenvalue weighted by Crippen LogP contribution is 2.21. The largest absolute Gasteiger partial charge is 0.396 e. The van der Waals surface area contributed by atoms with E-state index in [0.29, 0.717) is 32.0 Å². The maximum absolute atomic E-state index is 11.9. The second-order valence-corrected chi connectivity index (χ2v) is 6.28. The Kier molecular flexibility index (Phi) is 5.68. The summed E-state index contributed by atoms with van der Waals surface area (Å²) in [5.74, 6) is 0.506. The van der Waals surface area contributed by atoms with Crippen molar-refractivity contribution in [3.63, 3.8) is 0 Å². The quantitative estimate of drug-likeness (QED) is 0.605. The van der Waals surface area contributed by atoms with Gasteiger partial charge in [0.05, 0.1) is 5.75 Å². The fourth-order valence-electron chi connectivity index (χ4n) is 1.97. The first-order valence-corrected chi connectivity index (χ1v) is 7.50. The molecule has 0 saturated carbocycles. The summed E-state index contributed by atoms with van der Waals surface area (Å²) in [6.45, 7) is 4.60. The van der Waals surface area contributed by atoms with E-state index < -0.39 is 10.0 Å². The van der Waals surface area contributed by atoms with Crippen molar-refractivity contribution >= 4 is 10.0 Å². The lowest BCUT2D eigenvalue weighted by Crippen LogP contribution is -2.35. The van der Waals surface area contributed by atoms with Crippen molar-refractivity contribution in [2.24, 2.45) is 5.92 Å². The van der Waals surface area contributed by atoms with Gasteiger partial charge < -0.3 is 10.4 Å². The number of aliphatic hydroxyl groups excluding tert-OH is 1. The molecule has 6 heteroatoms. The molecule has 0 aromatic rings. The summed E-state index contributed by atoms with van der Waals surface area (Å²) < 4.78 is 25.3. The van der Waals surface area contributed by atoms with Crippen molar-refractivity contribution in [2.75, 3.05) is 38.5 Å². The van der Waals surface area contributed by atoms with Crippen LogP contribution in [0, 0.1) is 5.92 Å². The van der Waals surface area contributed by atoms with Gasteiger partial charge in [-0.15, -0.1) is 0 Å². The minimum atomic E-state index is -3.09. The number of hydrogen-bond donors (Lipinski definition) is 2. The van der Waals surface area contributed by atoms with Crippen molar-refractivity contribution in [1.29, 1.82) is 0 Å². The van der Waals surface area contributed by atoms with Gasteiger partial charge >= 0.3 is 0 Å². The molecule has 1 saturated heterocycles. The summed E-state index contributed by atoms with van der Waals surface area (Å²) in [6, 6.07) is 0. The van der Waals surface area contributed by atoms with Crippen LogP contribution >= 0.6 is 0 Å². The minimum Gasteiger partial charge on any atom is -0.396 e. The lowest BCUT2D eigenvalue weighted by atomic mass is 10.1. The molecule has 1 unspecified atom stereocenters. The van der Waals surface area contributed by atoms with Crippen molar-refractivity contribution in [3.05, 3.63) is 0 Å². The Morgan fingerprint density at radius 3 is 2.88 bits per heavy atom. The van der Waals surface area contributed by atoms with Crippen LogP contribution in [-0.2, 0) is 10.0 Å². The first kappa shape index (κ1) is 13.9. The molecule has 16 heavy (non-hydrogen) atoms. The maximum atomic E-state index is 11.9. The summed E-state index contributed by atoms with van der Waals surface area (Å²) >= 11 is 0. The molecule has 5 nitrogen and oxygen atoms in total. The predicted octanol–water partition coefficient (Wildman–Crippen LogP) is -0.370. The molecular weight excluding hydrogens is 228 g/mol. The molecule has 1 heterocycles. The van der Waals surface area contributed by atoms with Gasteiger partial charge in [-0.3, -0.25) is 0 Å². The van der Waals surface area contributed by atoms with E-state index in [4.69, 9.17) is 5.11 Å². The van der Waals surface area contributed by atoms with Gasteiger partial charge in [0.25, 0.3) is 0 Å². The Morgan fingerprint density at radius 2 is 2.25 bits per heavy atom. The van der Waals surface area contributed by atoms with E-state index in [1.54, 1.807) is 4.31 Å². The molecule has 1 atom stereocenters. The third-order valence-corrected chi connectivity index (χ3v) is 4.80. The van der Waals surface area contributed by atoms with E-state index in [1.807, 2.05) is 6.92 Å². The smallest absolute Gasteiger partial charge is 0.215 e. The van der Waals surface area contributed by atoms with E-state index in [9.17, 15) is 8.42 Å². The van der Waals surface area contributed by atoms with Crippen LogP contribution in [0.5, 0.6) is 0 Å². The summed E-state index contributed by atoms with van der Waals surface area (Å²) in [6.07, 6.45) is 1.58. The number of sulfonamides is 1. The second-order valence-electron chi connectivity index (χ2n) is 4.19. The molecule has 1 aliphatic rings. The molecule has 96 valence electrons. The highest BCUT2D eigenvalue weighted by atomic mass is 32.2. The van der Waals surface area contributed by atoms with E-state index in [0.717, 1.165) is 13.0 Å². The molecule has 0 aliphatic carbocycles. The molecule has 0 bridgehead atoms. The molecule has 2 N–H and O–H groups in total. The van der Waals surface area contributed by atoms with E-state index >= 15 is 0 Å². The number of nitrogens with zero attached hydrogens (tertiary/aromatic N) is 1. The van der Waals surface area contributed by atoms with Crippen molar-refractivity contribution in [3.8, 4) is 0 Å². The van der Waals surface area contributed by atoms with Gasteiger partial charge in [-0.2, -0.15) is 0 Å². The monoisotopic (exact) mass is 250 g/mol. The van der Waals surface area contributed by atoms with Crippen molar-refractivity contribution in [2.45, 2.75) is 19.8 Å². The lowest BCUT2D eigenvalue weighted by molar-refractivity contribution is 0.259. The number of rotatable bonds is 7. The predicted molar refractivity (Wildman–Crippen MR) is 63.7 cm³/mol. The van der Waals surface area contributed by atoms with Gasteiger partial charge in [0.2, 0.25) is 10.0 Å². The van der Waals surface area contributed by atoms with Gasteiger partial charge in [0.1, 0.15) is 0 Å². The highest BCUT2D eigenvalue weighted by Gasteiger charge is 2.30. The fourth-order valence-corrected chi connectivity index (χ4v) is 3.46. The number of aliphatic hydroxyl groups is 1. The third-order valence-electron chi connectivity index (χ3n) is 2.97. The summed E-state index contributed by atoms with van der Waals surface area (Å²) in [5.41, 5.74) is 0. The van der Waals surface area contributed by atoms with Gasteiger partial charge in [0.15, 0.2) is 0 Å². The first-order valence-electron chi connectivity index (χ1n) is 5.89. The maximum Gasteiger partial charge on any atom is 0.215 e. The Balaban J connectivity index is 2.39. The van der Waals surface area contributed by atoms with Crippen molar-refractivity contribution < 1.29 is 13.5 Å². The third kappa shape index (κ3) is 4.01. The minimum absolute atomic E-state index is 0.149. The molecule has 0 aromatic carbocycles. The number of hydrogen-bond acceptors (Lipinski definition) is 4. The van der Waals surface area contributed by atoms with E-state index in [1.165, 1.54) is 0 Å². The second kappa shape index (κ2) is 6.54. The summed E-state index contributed by atoms with van der Waals surface area (Å²) in [7, 11) is -3.09. The molecule has 1 aliphatic heterocycles. The molecule has 0 radical (unpaired) electrons. The lowest BCUT2D eigenvalue weighted by Gasteiger charge is -2.16. The molecule has 1 fully saturated rings. The normalized spacial score (nSPS) is 22.8. The van der Waals surface area contributed by atoms with Crippen LogP contribution in [0.3, 0.4) is 0 Å². The molecule has 0 amide bonds. The Morgan fingerprint density at radius 1 is 1.50 bits per heavy atom. The highest BCUT2D eigenvalue weighted by molar-refractivity contribution is 7.89. The van der Waals surface area contributed by atoms with Crippen molar-refractivity contribution in [1.82, 2.24) is 9.62 Å². The van der Waals surface area contributed by atoms with Crippen LogP contribution in [-0.4, -0.2) is 56.4 Å². The zero-order chi connectivity index (χ0) is 12.0. The zero-order valence-electron chi connectivity index (χ0n) is 9.85. The van der Waals surface area contributed by atoms with E-state index in [2.05, 4.69) is 5.32 Å². The molecule has 0 spiro atoms. The van der Waals surface area contributed by atoms with Crippen LogP contribution in [0.15, 0.2) is 0 Å². The standard InChI is InChI=1S/C10H22N2O3S/c1-2-11-5-8-16(14,15)12-6-3-10(9-12)4-7-13/h10-11,13H,2-9H2,1H3. The Bertz CT molecular complexity index is 292. The topological polar surface area (TPSA) is 69.6 Å². The average molecular weight is 250 g/mol. The van der Waals surface area contributed by atoms with Crippen LogP contribution in [0.1, 0.15) is 19.8 Å². The Hall–Kier alpha value is -0.170. The molecule has 1 rings (SSSR count). The van der Waals surface area contributed by atoms with Gasteiger partial charge in [-0.05, 0) is 25.3 Å². The van der Waals surface area contributed by atoms with E-state index in [-0.39, 0.29) is 12.4 Å². The van der Waals surface area contributed by atoms with Gasteiger partial charge in [-0.25, -0.2) is 12.7 Å². The van der Waals surface area contributed by atoms with Crippen LogP contribution in [0.2, 0.25) is 0 Å². The molecular formula is C10H22N2O3S. The average Bonchev–Trinajstić information content (AvgIpc) is 2.68. The fraction of sp³-hybridized carbons (Fsp3) is 1.00. The van der Waals surface area contributed by atoms with Crippen LogP contribution < -0.4 is 5.32 Å².